The average molecular weight is 501 g/mol. The molecule has 2 N–H and O–H groups in total. The average Bonchev–Trinajstić information content (AvgIpc) is 2.91. The summed E-state index contributed by atoms with van der Waals surface area (Å²) in [6, 6.07) is 16.1. The molecule has 198 valence electrons. The summed E-state index contributed by atoms with van der Waals surface area (Å²) in [5.74, 6) is 0.703. The predicted molar refractivity (Wildman–Crippen MR) is 139 cm³/mol. The highest BCUT2D eigenvalue weighted by Gasteiger charge is 2.11. The third kappa shape index (κ3) is 9.87. The van der Waals surface area contributed by atoms with Crippen molar-refractivity contribution in [3.05, 3.63) is 54.1 Å². The number of benzene rings is 2. The maximum Gasteiger partial charge on any atom is 0.243 e. The summed E-state index contributed by atoms with van der Waals surface area (Å²) in [6.07, 6.45) is 1.64. The molecule has 0 aliphatic carbocycles. The second-order valence-electron chi connectivity index (χ2n) is 9.12. The summed E-state index contributed by atoms with van der Waals surface area (Å²) in [5, 5.41) is 10.5. The number of hydroxylamine groups is 1. The monoisotopic (exact) mass is 500 g/mol. The van der Waals surface area contributed by atoms with E-state index >= 15 is 0 Å². The van der Waals surface area contributed by atoms with Crippen molar-refractivity contribution in [2.24, 2.45) is 0 Å². The van der Waals surface area contributed by atoms with E-state index < -0.39 is 6.10 Å². The van der Waals surface area contributed by atoms with Gasteiger partial charge in [0.05, 0.1) is 25.9 Å². The number of unbranched alkanes of at least 4 members (excludes halogenated alkanes) is 1. The summed E-state index contributed by atoms with van der Waals surface area (Å²) in [5.41, 5.74) is 5.51. The minimum atomic E-state index is -0.553. The molecule has 8 nitrogen and oxygen atoms in total. The van der Waals surface area contributed by atoms with E-state index in [1.807, 2.05) is 43.3 Å². The lowest BCUT2D eigenvalue weighted by Gasteiger charge is -2.26. The normalized spacial score (nSPS) is 15.9. The van der Waals surface area contributed by atoms with Gasteiger partial charge in [0.2, 0.25) is 5.91 Å². The molecule has 1 aliphatic heterocycles. The molecule has 1 saturated heterocycles. The highest BCUT2D eigenvalue weighted by Crippen LogP contribution is 2.26. The number of morpholine rings is 1. The Bertz CT molecular complexity index is 884. The van der Waals surface area contributed by atoms with Crippen molar-refractivity contribution in [1.82, 2.24) is 10.4 Å². The standard InChI is InChI=1S/C28H40N2O6/c1-22(21-33-2)36-29-28(32)6-4-3-5-27(31)25-9-7-23(8-10-25)24-11-13-26(14-12-24)35-20-17-30-15-18-34-19-16-30/h7-14,22,27,31H,3-6,15-21H2,1-2H3,(H,29,32)/t22-,27-/m1/s1. The Morgan fingerprint density at radius 2 is 1.72 bits per heavy atom. The molecule has 0 saturated carbocycles. The van der Waals surface area contributed by atoms with Crippen molar-refractivity contribution in [2.75, 3.05) is 53.2 Å². The summed E-state index contributed by atoms with van der Waals surface area (Å²) < 4.78 is 16.2. The molecule has 1 heterocycles. The van der Waals surface area contributed by atoms with E-state index in [0.29, 0.717) is 32.5 Å². The van der Waals surface area contributed by atoms with E-state index in [0.717, 1.165) is 61.7 Å². The molecule has 0 aromatic heterocycles. The summed E-state index contributed by atoms with van der Waals surface area (Å²) in [7, 11) is 1.59. The Labute approximate surface area is 214 Å². The zero-order valence-corrected chi connectivity index (χ0v) is 21.5. The van der Waals surface area contributed by atoms with Crippen molar-refractivity contribution < 1.29 is 28.9 Å². The Kier molecular flexibility index (Phi) is 12.2. The van der Waals surface area contributed by atoms with E-state index in [1.165, 1.54) is 0 Å². The first-order valence-corrected chi connectivity index (χ1v) is 12.8. The first-order chi connectivity index (χ1) is 17.5. The molecule has 1 fully saturated rings. The zero-order chi connectivity index (χ0) is 25.6. The second kappa shape index (κ2) is 15.6. The number of ether oxygens (including phenoxy) is 3. The maximum absolute atomic E-state index is 11.8. The fourth-order valence-electron chi connectivity index (χ4n) is 4.03. The highest BCUT2D eigenvalue weighted by atomic mass is 16.7. The molecule has 2 atom stereocenters. The van der Waals surface area contributed by atoms with Crippen molar-refractivity contribution in [3.8, 4) is 16.9 Å². The van der Waals surface area contributed by atoms with E-state index in [2.05, 4.69) is 22.5 Å². The van der Waals surface area contributed by atoms with Gasteiger partial charge < -0.3 is 19.3 Å². The van der Waals surface area contributed by atoms with Crippen LogP contribution in [0.1, 0.15) is 44.3 Å². The van der Waals surface area contributed by atoms with Crippen LogP contribution in [0, 0.1) is 0 Å². The summed E-state index contributed by atoms with van der Waals surface area (Å²) >= 11 is 0. The molecule has 2 aromatic carbocycles. The Hall–Kier alpha value is -2.49. The van der Waals surface area contributed by atoms with Crippen LogP contribution in [-0.2, 0) is 19.1 Å². The molecule has 2 aromatic rings. The smallest absolute Gasteiger partial charge is 0.243 e. The first kappa shape index (κ1) is 28.1. The summed E-state index contributed by atoms with van der Waals surface area (Å²) in [6.45, 7) is 7.35. The molecular weight excluding hydrogens is 460 g/mol. The lowest BCUT2D eigenvalue weighted by molar-refractivity contribution is -0.140. The van der Waals surface area contributed by atoms with Gasteiger partial charge in [-0.15, -0.1) is 0 Å². The molecular formula is C28H40N2O6. The molecule has 3 rings (SSSR count). The molecule has 0 spiro atoms. The van der Waals surface area contributed by atoms with Gasteiger partial charge in [-0.1, -0.05) is 42.8 Å². The lowest BCUT2D eigenvalue weighted by Crippen LogP contribution is -2.38. The Morgan fingerprint density at radius 3 is 2.39 bits per heavy atom. The van der Waals surface area contributed by atoms with Crippen LogP contribution >= 0.6 is 0 Å². The molecule has 8 heteroatoms. The van der Waals surface area contributed by atoms with Gasteiger partial charge in [0.1, 0.15) is 18.5 Å². The van der Waals surface area contributed by atoms with Crippen LogP contribution in [0.15, 0.2) is 48.5 Å². The van der Waals surface area contributed by atoms with Crippen molar-refractivity contribution in [2.45, 2.75) is 44.8 Å². The molecule has 1 amide bonds. The van der Waals surface area contributed by atoms with Gasteiger partial charge >= 0.3 is 0 Å². The Balaban J connectivity index is 1.35. The molecule has 0 radical (unpaired) electrons. The number of nitrogens with zero attached hydrogens (tertiary/aromatic N) is 1. The first-order valence-electron chi connectivity index (χ1n) is 12.8. The number of rotatable bonds is 15. The van der Waals surface area contributed by atoms with Crippen LogP contribution in [0.4, 0.5) is 0 Å². The fourth-order valence-corrected chi connectivity index (χ4v) is 4.03. The van der Waals surface area contributed by atoms with Gasteiger partial charge in [0.25, 0.3) is 0 Å². The number of amides is 1. The maximum atomic E-state index is 11.8. The highest BCUT2D eigenvalue weighted by molar-refractivity contribution is 5.74. The second-order valence-corrected chi connectivity index (χ2v) is 9.12. The quantitative estimate of drug-likeness (QED) is 0.284. The van der Waals surface area contributed by atoms with Crippen molar-refractivity contribution in [1.29, 1.82) is 0 Å². The fraction of sp³-hybridized carbons (Fsp3) is 0.536. The number of hydrogen-bond donors (Lipinski definition) is 2. The Morgan fingerprint density at radius 1 is 1.06 bits per heavy atom. The van der Waals surface area contributed by atoms with Crippen LogP contribution in [0.3, 0.4) is 0 Å². The molecule has 0 unspecified atom stereocenters. The lowest BCUT2D eigenvalue weighted by atomic mass is 9.99. The van der Waals surface area contributed by atoms with Crippen molar-refractivity contribution in [3.63, 3.8) is 0 Å². The third-order valence-corrected chi connectivity index (χ3v) is 6.17. The largest absolute Gasteiger partial charge is 0.492 e. The van der Waals surface area contributed by atoms with Crippen molar-refractivity contribution >= 4 is 5.91 Å². The topological polar surface area (TPSA) is 89.5 Å². The molecule has 0 bridgehead atoms. The number of hydrogen-bond acceptors (Lipinski definition) is 7. The van der Waals surface area contributed by atoms with Crippen LogP contribution in [0.5, 0.6) is 5.75 Å². The van der Waals surface area contributed by atoms with Crippen LogP contribution in [-0.4, -0.2) is 75.2 Å². The number of carbonyl (C=O) groups excluding carboxylic acids is 1. The summed E-state index contributed by atoms with van der Waals surface area (Å²) in [4.78, 5) is 19.4. The number of nitrogens with one attached hydrogen (secondary N) is 1. The van der Waals surface area contributed by atoms with Gasteiger partial charge in [0.15, 0.2) is 0 Å². The van der Waals surface area contributed by atoms with Crippen LogP contribution in [0.2, 0.25) is 0 Å². The third-order valence-electron chi connectivity index (χ3n) is 6.17. The van der Waals surface area contributed by atoms with E-state index in [-0.39, 0.29) is 12.0 Å². The van der Waals surface area contributed by atoms with Gasteiger partial charge in [0, 0.05) is 33.2 Å². The number of aliphatic hydroxyl groups is 1. The number of methoxy groups -OCH3 is 1. The number of carbonyl (C=O) groups is 1. The number of aliphatic hydroxyl groups excluding tert-OH is 1. The SMILES string of the molecule is COC[C@@H](C)ONC(=O)CCCC[C@@H](O)c1ccc(-c2ccc(OCCN3CCOCC3)cc2)cc1. The zero-order valence-electron chi connectivity index (χ0n) is 21.5. The van der Waals surface area contributed by atoms with Gasteiger partial charge in [-0.25, -0.2) is 5.48 Å². The van der Waals surface area contributed by atoms with E-state index in [1.54, 1.807) is 7.11 Å². The van der Waals surface area contributed by atoms with E-state index in [9.17, 15) is 9.90 Å². The van der Waals surface area contributed by atoms with Crippen LogP contribution < -0.4 is 10.2 Å². The van der Waals surface area contributed by atoms with Crippen LogP contribution in [0.25, 0.3) is 11.1 Å². The minimum Gasteiger partial charge on any atom is -0.492 e. The van der Waals surface area contributed by atoms with Gasteiger partial charge in [-0.2, -0.15) is 0 Å². The van der Waals surface area contributed by atoms with E-state index in [4.69, 9.17) is 19.0 Å². The minimum absolute atomic E-state index is 0.162. The molecule has 1 aliphatic rings. The van der Waals surface area contributed by atoms with Gasteiger partial charge in [-0.05, 0) is 48.6 Å². The van der Waals surface area contributed by atoms with Gasteiger partial charge in [-0.3, -0.25) is 14.5 Å². The molecule has 36 heavy (non-hydrogen) atoms. The predicted octanol–water partition coefficient (Wildman–Crippen LogP) is 3.74.